The van der Waals surface area contributed by atoms with Gasteiger partial charge in [0.1, 0.15) is 0 Å². The summed E-state index contributed by atoms with van der Waals surface area (Å²) in [6.07, 6.45) is 1.17. The second-order valence-corrected chi connectivity index (χ2v) is 5.82. The number of sulfonamides is 1. The molecule has 15 heavy (non-hydrogen) atoms. The lowest BCUT2D eigenvalue weighted by molar-refractivity contribution is 0.606. The fraction of sp³-hybridized carbons (Fsp3) is 0.455. The van der Waals surface area contributed by atoms with Gasteiger partial charge >= 0.3 is 0 Å². The van der Waals surface area contributed by atoms with Gasteiger partial charge in [-0.15, -0.1) is 0 Å². The lowest BCUT2D eigenvalue weighted by Crippen LogP contribution is -2.13. The summed E-state index contributed by atoms with van der Waals surface area (Å²) in [5, 5.41) is 0. The fourth-order valence-corrected chi connectivity index (χ4v) is 2.15. The van der Waals surface area contributed by atoms with E-state index in [1.54, 1.807) is 0 Å². The van der Waals surface area contributed by atoms with E-state index >= 15 is 0 Å². The molecule has 0 amide bonds. The van der Waals surface area contributed by atoms with Gasteiger partial charge in [0.25, 0.3) is 0 Å². The summed E-state index contributed by atoms with van der Waals surface area (Å²) in [5.74, 6) is 0.300. The highest BCUT2D eigenvalue weighted by Crippen LogP contribution is 2.27. The Labute approximate surface area is 91.6 Å². The highest BCUT2D eigenvalue weighted by molar-refractivity contribution is 7.92. The molecule has 0 heterocycles. The van der Waals surface area contributed by atoms with Gasteiger partial charge < -0.3 is 0 Å². The summed E-state index contributed by atoms with van der Waals surface area (Å²) >= 11 is 0. The summed E-state index contributed by atoms with van der Waals surface area (Å²) < 4.78 is 25.0. The number of anilines is 1. The molecular weight excluding hydrogens is 210 g/mol. The van der Waals surface area contributed by atoms with Crippen molar-refractivity contribution in [2.75, 3.05) is 11.0 Å². The molecule has 0 saturated heterocycles. The molecule has 1 rings (SSSR count). The zero-order chi connectivity index (χ0) is 11.6. The van der Waals surface area contributed by atoms with Gasteiger partial charge in [0, 0.05) is 0 Å². The highest BCUT2D eigenvalue weighted by atomic mass is 32.2. The summed E-state index contributed by atoms with van der Waals surface area (Å²) in [4.78, 5) is 0. The number of hydrogen-bond acceptors (Lipinski definition) is 2. The van der Waals surface area contributed by atoms with E-state index in [9.17, 15) is 8.42 Å². The SMILES string of the molecule is Cc1cccc(C(C)C)c1NS(C)(=O)=O. The minimum absolute atomic E-state index is 0.300. The first kappa shape index (κ1) is 12.0. The third-order valence-corrected chi connectivity index (χ3v) is 2.79. The molecule has 1 aromatic carbocycles. The van der Waals surface area contributed by atoms with Gasteiger partial charge in [-0.25, -0.2) is 8.42 Å². The Morgan fingerprint density at radius 3 is 2.33 bits per heavy atom. The lowest BCUT2D eigenvalue weighted by Gasteiger charge is -2.15. The number of benzene rings is 1. The van der Waals surface area contributed by atoms with Gasteiger partial charge in [0.2, 0.25) is 10.0 Å². The molecule has 0 aliphatic carbocycles. The smallest absolute Gasteiger partial charge is 0.229 e. The Kier molecular flexibility index (Phi) is 3.39. The summed E-state index contributed by atoms with van der Waals surface area (Å²) in [6, 6.07) is 5.79. The Bertz CT molecular complexity index is 450. The van der Waals surface area contributed by atoms with Crippen LogP contribution in [0.25, 0.3) is 0 Å². The van der Waals surface area contributed by atoms with Crippen molar-refractivity contribution in [3.8, 4) is 0 Å². The maximum absolute atomic E-state index is 11.2. The van der Waals surface area contributed by atoms with E-state index in [4.69, 9.17) is 0 Å². The van der Waals surface area contributed by atoms with Crippen LogP contribution in [0, 0.1) is 6.92 Å². The first-order valence-electron chi connectivity index (χ1n) is 4.88. The van der Waals surface area contributed by atoms with Crippen LogP contribution in [-0.4, -0.2) is 14.7 Å². The number of aryl methyl sites for hydroxylation is 1. The van der Waals surface area contributed by atoms with Crippen LogP contribution < -0.4 is 4.72 Å². The molecule has 0 aromatic heterocycles. The van der Waals surface area contributed by atoms with E-state index in [2.05, 4.69) is 4.72 Å². The lowest BCUT2D eigenvalue weighted by atomic mass is 9.99. The molecule has 3 nitrogen and oxygen atoms in total. The molecule has 0 saturated carbocycles. The third-order valence-electron chi connectivity index (χ3n) is 2.21. The second kappa shape index (κ2) is 4.23. The molecule has 0 spiro atoms. The second-order valence-electron chi connectivity index (χ2n) is 4.07. The average molecular weight is 227 g/mol. The molecule has 0 aliphatic heterocycles. The zero-order valence-electron chi connectivity index (χ0n) is 9.53. The maximum Gasteiger partial charge on any atom is 0.229 e. The third kappa shape index (κ3) is 3.23. The van der Waals surface area contributed by atoms with E-state index in [0.29, 0.717) is 5.92 Å². The molecule has 1 N–H and O–H groups in total. The molecule has 0 bridgehead atoms. The van der Waals surface area contributed by atoms with Crippen LogP contribution in [0.5, 0.6) is 0 Å². The van der Waals surface area contributed by atoms with Gasteiger partial charge in [-0.05, 0) is 24.0 Å². The molecule has 0 unspecified atom stereocenters. The predicted octanol–water partition coefficient (Wildman–Crippen LogP) is 2.49. The molecule has 4 heteroatoms. The van der Waals surface area contributed by atoms with Gasteiger partial charge in [0.05, 0.1) is 11.9 Å². The number of nitrogens with one attached hydrogen (secondary N) is 1. The van der Waals surface area contributed by atoms with Crippen molar-refractivity contribution < 1.29 is 8.42 Å². The quantitative estimate of drug-likeness (QED) is 0.862. The summed E-state index contributed by atoms with van der Waals surface area (Å²) in [6.45, 7) is 5.99. The summed E-state index contributed by atoms with van der Waals surface area (Å²) in [5.41, 5.74) is 2.70. The van der Waals surface area contributed by atoms with Crippen LogP contribution in [0.2, 0.25) is 0 Å². The maximum atomic E-state index is 11.2. The van der Waals surface area contributed by atoms with Crippen LogP contribution in [0.1, 0.15) is 30.9 Å². The number of para-hydroxylation sites is 1. The molecule has 84 valence electrons. The molecular formula is C11H17NO2S. The van der Waals surface area contributed by atoms with Crippen LogP contribution in [-0.2, 0) is 10.0 Å². The van der Waals surface area contributed by atoms with Gasteiger partial charge in [0.15, 0.2) is 0 Å². The highest BCUT2D eigenvalue weighted by Gasteiger charge is 2.11. The van der Waals surface area contributed by atoms with Crippen molar-refractivity contribution in [3.05, 3.63) is 29.3 Å². The fourth-order valence-electron chi connectivity index (χ4n) is 1.50. The van der Waals surface area contributed by atoms with Gasteiger partial charge in [-0.2, -0.15) is 0 Å². The average Bonchev–Trinajstić information content (AvgIpc) is 2.05. The minimum atomic E-state index is -3.21. The van der Waals surface area contributed by atoms with E-state index in [0.717, 1.165) is 16.8 Å². The van der Waals surface area contributed by atoms with Crippen LogP contribution in [0.15, 0.2) is 18.2 Å². The van der Waals surface area contributed by atoms with Crippen molar-refractivity contribution in [3.63, 3.8) is 0 Å². The van der Waals surface area contributed by atoms with E-state index < -0.39 is 10.0 Å². The van der Waals surface area contributed by atoms with Gasteiger partial charge in [-0.3, -0.25) is 4.72 Å². The first-order valence-corrected chi connectivity index (χ1v) is 6.77. The van der Waals surface area contributed by atoms with Crippen LogP contribution in [0.3, 0.4) is 0 Å². The monoisotopic (exact) mass is 227 g/mol. The van der Waals surface area contributed by atoms with Crippen molar-refractivity contribution in [2.45, 2.75) is 26.7 Å². The molecule has 0 atom stereocenters. The first-order chi connectivity index (χ1) is 6.81. The molecule has 0 fully saturated rings. The van der Waals surface area contributed by atoms with Crippen LogP contribution >= 0.6 is 0 Å². The summed E-state index contributed by atoms with van der Waals surface area (Å²) in [7, 11) is -3.21. The zero-order valence-corrected chi connectivity index (χ0v) is 10.4. The van der Waals surface area contributed by atoms with Crippen molar-refractivity contribution in [2.24, 2.45) is 0 Å². The van der Waals surface area contributed by atoms with E-state index in [-0.39, 0.29) is 0 Å². The molecule has 1 aromatic rings. The van der Waals surface area contributed by atoms with E-state index in [1.165, 1.54) is 6.26 Å². The van der Waals surface area contributed by atoms with Crippen molar-refractivity contribution >= 4 is 15.7 Å². The normalized spacial score (nSPS) is 11.8. The van der Waals surface area contributed by atoms with Crippen molar-refractivity contribution in [1.82, 2.24) is 0 Å². The molecule has 0 aliphatic rings. The van der Waals surface area contributed by atoms with E-state index in [1.807, 2.05) is 39.0 Å². The van der Waals surface area contributed by atoms with Crippen molar-refractivity contribution in [1.29, 1.82) is 0 Å². The van der Waals surface area contributed by atoms with Gasteiger partial charge in [-0.1, -0.05) is 32.0 Å². The Hall–Kier alpha value is -1.03. The topological polar surface area (TPSA) is 46.2 Å². The Morgan fingerprint density at radius 2 is 1.87 bits per heavy atom. The Balaban J connectivity index is 3.25. The largest absolute Gasteiger partial charge is 0.283 e. The standard InChI is InChI=1S/C11H17NO2S/c1-8(2)10-7-5-6-9(3)11(10)12-15(4,13)14/h5-8,12H,1-4H3. The number of rotatable bonds is 3. The number of hydrogen-bond donors (Lipinski definition) is 1. The predicted molar refractivity (Wildman–Crippen MR) is 63.7 cm³/mol. The van der Waals surface area contributed by atoms with Crippen LogP contribution in [0.4, 0.5) is 5.69 Å². The minimum Gasteiger partial charge on any atom is -0.283 e. The molecule has 0 radical (unpaired) electrons. The Morgan fingerprint density at radius 1 is 1.27 bits per heavy atom.